The average molecular weight is 480 g/mol. The van der Waals surface area contributed by atoms with Crippen molar-refractivity contribution in [2.45, 2.75) is 24.5 Å². The summed E-state index contributed by atoms with van der Waals surface area (Å²) in [7, 11) is 0. The molecule has 1 aromatic heterocycles. The molecule has 1 N–H and O–H groups in total. The van der Waals surface area contributed by atoms with Crippen LogP contribution in [0, 0.1) is 17.4 Å². The summed E-state index contributed by atoms with van der Waals surface area (Å²) in [6.45, 7) is 4.06. The number of aryl methyl sites for hydroxylation is 2. The maximum absolute atomic E-state index is 12.7. The van der Waals surface area contributed by atoms with Crippen LogP contribution in [0.1, 0.15) is 26.6 Å². The molecule has 0 unspecified atom stereocenters. The minimum absolute atomic E-state index is 0.0859. The zero-order valence-corrected chi connectivity index (χ0v) is 17.7. The van der Waals surface area contributed by atoms with E-state index in [9.17, 15) is 4.79 Å². The number of carbonyl (C=O) groups is 1. The van der Waals surface area contributed by atoms with Crippen LogP contribution in [0.2, 0.25) is 0 Å². The van der Waals surface area contributed by atoms with E-state index in [-0.39, 0.29) is 5.91 Å². The van der Waals surface area contributed by atoms with Crippen molar-refractivity contribution in [1.82, 2.24) is 4.98 Å². The van der Waals surface area contributed by atoms with Gasteiger partial charge in [0.2, 0.25) is 0 Å². The van der Waals surface area contributed by atoms with Crippen LogP contribution in [0.5, 0.6) is 0 Å². The Bertz CT molecular complexity index is 908. The summed E-state index contributed by atoms with van der Waals surface area (Å²) < 4.78 is 1.14. The second-order valence-electron chi connectivity index (χ2n) is 5.56. The molecule has 3 rings (SSSR count). The van der Waals surface area contributed by atoms with E-state index in [0.29, 0.717) is 5.56 Å². The number of carbonyl (C=O) groups excluding carboxylic acids is 1. The van der Waals surface area contributed by atoms with Crippen molar-refractivity contribution in [3.8, 4) is 0 Å². The molecule has 0 fully saturated rings. The average Bonchev–Trinajstić information content (AvgIpc) is 3.02. The maximum Gasteiger partial charge on any atom is 0.256 e. The van der Waals surface area contributed by atoms with Gasteiger partial charge in [-0.15, -0.1) is 23.1 Å². The van der Waals surface area contributed by atoms with Crippen LogP contribution in [0.3, 0.4) is 0 Å². The highest BCUT2D eigenvalue weighted by molar-refractivity contribution is 14.1. The van der Waals surface area contributed by atoms with Gasteiger partial charge in [0.25, 0.3) is 5.91 Å². The van der Waals surface area contributed by atoms with Crippen molar-refractivity contribution < 1.29 is 4.79 Å². The van der Waals surface area contributed by atoms with E-state index < -0.39 is 0 Å². The Labute approximate surface area is 169 Å². The molecule has 0 saturated carbocycles. The lowest BCUT2D eigenvalue weighted by Crippen LogP contribution is -2.13. The summed E-state index contributed by atoms with van der Waals surface area (Å²) in [5.74, 6) is 0.675. The predicted molar refractivity (Wildman–Crippen MR) is 115 cm³/mol. The fourth-order valence-electron chi connectivity index (χ4n) is 2.28. The molecule has 0 saturated heterocycles. The second kappa shape index (κ2) is 8.33. The summed E-state index contributed by atoms with van der Waals surface area (Å²) in [6, 6.07) is 13.6. The smallest absolute Gasteiger partial charge is 0.256 e. The van der Waals surface area contributed by atoms with Gasteiger partial charge < -0.3 is 5.32 Å². The Morgan fingerprint density at radius 3 is 2.76 bits per heavy atom. The molecule has 128 valence electrons. The Hall–Kier alpha value is -1.38. The van der Waals surface area contributed by atoms with Crippen LogP contribution >= 0.6 is 45.7 Å². The minimum Gasteiger partial charge on any atom is -0.322 e. The molecule has 2 aromatic carbocycles. The summed E-state index contributed by atoms with van der Waals surface area (Å²) in [6.07, 6.45) is 0. The first kappa shape index (κ1) is 18.4. The predicted octanol–water partition coefficient (Wildman–Crippen LogP) is 5.91. The quantitative estimate of drug-likeness (QED) is 0.365. The highest BCUT2D eigenvalue weighted by atomic mass is 127. The Morgan fingerprint density at radius 1 is 1.24 bits per heavy atom. The van der Waals surface area contributed by atoms with Gasteiger partial charge in [0.05, 0.1) is 16.3 Å². The first-order valence-electron chi connectivity index (χ1n) is 7.73. The molecular weight excluding hydrogens is 463 g/mol. The lowest BCUT2D eigenvalue weighted by molar-refractivity contribution is 0.102. The molecule has 0 atom stereocenters. The number of anilines is 1. The number of hydrogen-bond donors (Lipinski definition) is 1. The Kier molecular flexibility index (Phi) is 6.14. The second-order valence-corrected chi connectivity index (χ2v) is 8.80. The van der Waals surface area contributed by atoms with E-state index in [2.05, 4.69) is 45.2 Å². The standard InChI is InChI=1S/C19H17IN2OS2/c1-12-7-8-14(9-17(12)20)22-19(23)16-5-3-4-6-18(16)25-11-15-10-24-13(2)21-15/h3-10H,11H2,1-2H3,(H,22,23). The third-order valence-electron chi connectivity index (χ3n) is 3.60. The molecular formula is C19H17IN2OS2. The van der Waals surface area contributed by atoms with Crippen LogP contribution in [0.4, 0.5) is 5.69 Å². The number of nitrogens with zero attached hydrogens (tertiary/aromatic N) is 1. The molecule has 1 amide bonds. The van der Waals surface area contributed by atoms with Gasteiger partial charge in [0.15, 0.2) is 0 Å². The Morgan fingerprint density at radius 2 is 2.04 bits per heavy atom. The largest absolute Gasteiger partial charge is 0.322 e. The van der Waals surface area contributed by atoms with Gasteiger partial charge >= 0.3 is 0 Å². The SMILES string of the molecule is Cc1nc(CSc2ccccc2C(=O)Nc2ccc(C)c(I)c2)cs1. The molecule has 0 spiro atoms. The van der Waals surface area contributed by atoms with Gasteiger partial charge in [-0.2, -0.15) is 0 Å². The van der Waals surface area contributed by atoms with E-state index >= 15 is 0 Å². The molecule has 3 aromatic rings. The van der Waals surface area contributed by atoms with Crippen molar-refractivity contribution in [2.24, 2.45) is 0 Å². The Balaban J connectivity index is 1.74. The van der Waals surface area contributed by atoms with Crippen molar-refractivity contribution in [3.05, 3.63) is 73.2 Å². The van der Waals surface area contributed by atoms with Crippen LogP contribution in [0.15, 0.2) is 52.7 Å². The van der Waals surface area contributed by atoms with Crippen molar-refractivity contribution in [1.29, 1.82) is 0 Å². The number of aromatic nitrogens is 1. The van der Waals surface area contributed by atoms with E-state index in [1.54, 1.807) is 23.1 Å². The van der Waals surface area contributed by atoms with E-state index in [1.165, 1.54) is 5.56 Å². The molecule has 6 heteroatoms. The summed E-state index contributed by atoms with van der Waals surface area (Å²) in [4.78, 5) is 18.2. The molecule has 1 heterocycles. The lowest BCUT2D eigenvalue weighted by Gasteiger charge is -2.10. The van der Waals surface area contributed by atoms with Crippen LogP contribution < -0.4 is 5.32 Å². The van der Waals surface area contributed by atoms with Gasteiger partial charge in [-0.05, 0) is 66.3 Å². The van der Waals surface area contributed by atoms with E-state index in [0.717, 1.165) is 30.6 Å². The summed E-state index contributed by atoms with van der Waals surface area (Å²) >= 11 is 5.57. The summed E-state index contributed by atoms with van der Waals surface area (Å²) in [5, 5.41) is 6.13. The highest BCUT2D eigenvalue weighted by Crippen LogP contribution is 2.27. The lowest BCUT2D eigenvalue weighted by atomic mass is 10.2. The molecule has 25 heavy (non-hydrogen) atoms. The normalized spacial score (nSPS) is 10.7. The molecule has 3 nitrogen and oxygen atoms in total. The monoisotopic (exact) mass is 480 g/mol. The number of hydrogen-bond acceptors (Lipinski definition) is 4. The fourth-order valence-corrected chi connectivity index (χ4v) is 4.45. The molecule has 0 aliphatic carbocycles. The summed E-state index contributed by atoms with van der Waals surface area (Å²) in [5.41, 5.74) is 3.76. The van der Waals surface area contributed by atoms with E-state index in [1.807, 2.05) is 49.4 Å². The van der Waals surface area contributed by atoms with Crippen LogP contribution in [0.25, 0.3) is 0 Å². The molecule has 0 aliphatic heterocycles. The number of amides is 1. The van der Waals surface area contributed by atoms with Crippen molar-refractivity contribution in [2.75, 3.05) is 5.32 Å². The zero-order chi connectivity index (χ0) is 17.8. The third-order valence-corrected chi connectivity index (χ3v) is 6.70. The van der Waals surface area contributed by atoms with Gasteiger partial charge in [-0.1, -0.05) is 18.2 Å². The third kappa shape index (κ3) is 4.83. The maximum atomic E-state index is 12.7. The van der Waals surface area contributed by atoms with Gasteiger partial charge in [0.1, 0.15) is 0 Å². The topological polar surface area (TPSA) is 42.0 Å². The van der Waals surface area contributed by atoms with Crippen LogP contribution in [-0.4, -0.2) is 10.9 Å². The zero-order valence-electron chi connectivity index (χ0n) is 13.9. The molecule has 0 bridgehead atoms. The number of thiazole rings is 1. The van der Waals surface area contributed by atoms with E-state index in [4.69, 9.17) is 0 Å². The number of thioether (sulfide) groups is 1. The minimum atomic E-state index is -0.0859. The van der Waals surface area contributed by atoms with Crippen molar-refractivity contribution >= 4 is 57.3 Å². The van der Waals surface area contributed by atoms with Gasteiger partial charge in [-0.3, -0.25) is 4.79 Å². The first-order chi connectivity index (χ1) is 12.0. The first-order valence-corrected chi connectivity index (χ1v) is 10.7. The molecule has 0 radical (unpaired) electrons. The highest BCUT2D eigenvalue weighted by Gasteiger charge is 2.13. The van der Waals surface area contributed by atoms with Gasteiger partial charge in [0, 0.05) is 25.3 Å². The number of halogens is 1. The van der Waals surface area contributed by atoms with Gasteiger partial charge in [-0.25, -0.2) is 4.98 Å². The van der Waals surface area contributed by atoms with Crippen LogP contribution in [-0.2, 0) is 5.75 Å². The fraction of sp³-hybridized carbons (Fsp3) is 0.158. The number of benzene rings is 2. The van der Waals surface area contributed by atoms with Crippen molar-refractivity contribution in [3.63, 3.8) is 0 Å². The number of rotatable bonds is 5. The molecule has 0 aliphatic rings. The number of nitrogens with one attached hydrogen (secondary N) is 1.